The van der Waals surface area contributed by atoms with Gasteiger partial charge in [0, 0.05) is 10.5 Å². The summed E-state index contributed by atoms with van der Waals surface area (Å²) in [6.07, 6.45) is 4.90. The van der Waals surface area contributed by atoms with Gasteiger partial charge in [0.05, 0.1) is 23.5 Å². The summed E-state index contributed by atoms with van der Waals surface area (Å²) < 4.78 is 7.11. The van der Waals surface area contributed by atoms with Gasteiger partial charge in [0.2, 0.25) is 5.13 Å². The van der Waals surface area contributed by atoms with Crippen LogP contribution in [0.25, 0.3) is 16.3 Å². The topological polar surface area (TPSA) is 54.8 Å². The van der Waals surface area contributed by atoms with E-state index in [1.807, 2.05) is 72.8 Å². The van der Waals surface area contributed by atoms with Crippen molar-refractivity contribution in [2.75, 3.05) is 12.1 Å². The average molecular weight is 492 g/mol. The molecule has 1 amide bonds. The molecule has 1 aromatic heterocycles. The van der Waals surface area contributed by atoms with Crippen molar-refractivity contribution in [1.82, 2.24) is 4.98 Å². The zero-order chi connectivity index (χ0) is 21.6. The summed E-state index contributed by atoms with van der Waals surface area (Å²) in [7, 11) is 1.62. The predicted octanol–water partition coefficient (Wildman–Crippen LogP) is 6.15. The number of carbonyl (C=O) groups excluding carboxylic acids is 1. The first kappa shape index (κ1) is 21.0. The van der Waals surface area contributed by atoms with Gasteiger partial charge in [0.1, 0.15) is 5.75 Å². The van der Waals surface area contributed by atoms with E-state index in [9.17, 15) is 4.79 Å². The van der Waals surface area contributed by atoms with Crippen LogP contribution in [-0.2, 0) is 4.79 Å². The number of amides is 1. The number of ether oxygens (including phenoxy) is 1. The summed E-state index contributed by atoms with van der Waals surface area (Å²) >= 11 is 4.89. The number of nitrogens with zero attached hydrogens (tertiary/aromatic N) is 3. The van der Waals surface area contributed by atoms with Gasteiger partial charge in [-0.25, -0.2) is 4.98 Å². The van der Waals surface area contributed by atoms with Gasteiger partial charge in [-0.1, -0.05) is 57.6 Å². The lowest BCUT2D eigenvalue weighted by Gasteiger charge is -2.11. The Morgan fingerprint density at radius 2 is 1.84 bits per heavy atom. The van der Waals surface area contributed by atoms with Crippen LogP contribution >= 0.6 is 27.3 Å². The highest BCUT2D eigenvalue weighted by Gasteiger charge is 2.17. The number of halogens is 1. The number of fused-ring (bicyclic) bond motifs is 1. The molecule has 5 nitrogen and oxygen atoms in total. The van der Waals surface area contributed by atoms with Crippen molar-refractivity contribution >= 4 is 60.8 Å². The van der Waals surface area contributed by atoms with Crippen molar-refractivity contribution < 1.29 is 9.53 Å². The van der Waals surface area contributed by atoms with Gasteiger partial charge in [-0.05, 0) is 59.7 Å². The van der Waals surface area contributed by atoms with Crippen LogP contribution in [0.1, 0.15) is 11.1 Å². The van der Waals surface area contributed by atoms with Gasteiger partial charge >= 0.3 is 0 Å². The molecule has 1 heterocycles. The number of carbonyl (C=O) groups is 1. The fraction of sp³-hybridized carbons (Fsp3) is 0.0417. The summed E-state index contributed by atoms with van der Waals surface area (Å²) in [4.78, 5) is 17.7. The predicted molar refractivity (Wildman–Crippen MR) is 131 cm³/mol. The number of anilines is 1. The fourth-order valence-corrected chi connectivity index (χ4v) is 4.28. The zero-order valence-electron chi connectivity index (χ0n) is 16.6. The third-order valence-corrected chi connectivity index (χ3v) is 5.87. The SMILES string of the molecule is COc1ccc(/C=N/N(C(=O)/C=C/c2ccccc2)c2nc3ccc(Br)cc3s2)cc1. The van der Waals surface area contributed by atoms with Crippen LogP contribution in [-0.4, -0.2) is 24.2 Å². The summed E-state index contributed by atoms with van der Waals surface area (Å²) in [6, 6.07) is 22.9. The van der Waals surface area contributed by atoms with E-state index in [2.05, 4.69) is 26.0 Å². The fourth-order valence-electron chi connectivity index (χ4n) is 2.79. The van der Waals surface area contributed by atoms with Crippen LogP contribution in [0.5, 0.6) is 5.75 Å². The Morgan fingerprint density at radius 1 is 1.06 bits per heavy atom. The molecule has 3 aromatic carbocycles. The lowest BCUT2D eigenvalue weighted by molar-refractivity contribution is -0.114. The maximum Gasteiger partial charge on any atom is 0.273 e. The van der Waals surface area contributed by atoms with Gasteiger partial charge < -0.3 is 4.74 Å². The highest BCUT2D eigenvalue weighted by molar-refractivity contribution is 9.10. The summed E-state index contributed by atoms with van der Waals surface area (Å²) in [6.45, 7) is 0. The molecule has 0 radical (unpaired) electrons. The van der Waals surface area contributed by atoms with E-state index in [-0.39, 0.29) is 5.91 Å². The number of methoxy groups -OCH3 is 1. The van der Waals surface area contributed by atoms with Crippen LogP contribution in [0, 0.1) is 0 Å². The van der Waals surface area contributed by atoms with Crippen LogP contribution in [0.2, 0.25) is 0 Å². The Labute approximate surface area is 192 Å². The van der Waals surface area contributed by atoms with E-state index in [1.165, 1.54) is 22.4 Å². The van der Waals surface area contributed by atoms with E-state index >= 15 is 0 Å². The minimum atomic E-state index is -0.285. The number of hydrazone groups is 1. The molecule has 0 aliphatic carbocycles. The van der Waals surface area contributed by atoms with E-state index < -0.39 is 0 Å². The minimum absolute atomic E-state index is 0.285. The molecule has 31 heavy (non-hydrogen) atoms. The molecule has 0 saturated heterocycles. The number of hydrogen-bond acceptors (Lipinski definition) is 5. The molecule has 7 heteroatoms. The van der Waals surface area contributed by atoms with Crippen molar-refractivity contribution in [3.05, 3.63) is 94.5 Å². The van der Waals surface area contributed by atoms with Crippen LogP contribution < -0.4 is 9.75 Å². The molecule has 0 bridgehead atoms. The van der Waals surface area contributed by atoms with Gasteiger partial charge in [-0.3, -0.25) is 4.79 Å². The molecular formula is C24H18BrN3O2S. The van der Waals surface area contributed by atoms with Gasteiger partial charge in [0.25, 0.3) is 5.91 Å². The monoisotopic (exact) mass is 491 g/mol. The van der Waals surface area contributed by atoms with Gasteiger partial charge in [0.15, 0.2) is 0 Å². The highest BCUT2D eigenvalue weighted by Crippen LogP contribution is 2.31. The summed E-state index contributed by atoms with van der Waals surface area (Å²) in [5, 5.41) is 6.27. The molecule has 0 saturated carbocycles. The molecule has 0 unspecified atom stereocenters. The minimum Gasteiger partial charge on any atom is -0.497 e. The molecule has 4 aromatic rings. The van der Waals surface area contributed by atoms with Crippen molar-refractivity contribution in [3.63, 3.8) is 0 Å². The van der Waals surface area contributed by atoms with Crippen LogP contribution in [0.3, 0.4) is 0 Å². The smallest absolute Gasteiger partial charge is 0.273 e. The van der Waals surface area contributed by atoms with Crippen LogP contribution in [0.15, 0.2) is 88.4 Å². The second-order valence-electron chi connectivity index (χ2n) is 6.52. The molecule has 0 fully saturated rings. The molecule has 0 atom stereocenters. The van der Waals surface area contributed by atoms with E-state index in [0.717, 1.165) is 31.6 Å². The number of aromatic nitrogens is 1. The Hall–Kier alpha value is -3.29. The normalized spacial score (nSPS) is 11.4. The summed E-state index contributed by atoms with van der Waals surface area (Å²) in [5.41, 5.74) is 2.59. The summed E-state index contributed by atoms with van der Waals surface area (Å²) in [5.74, 6) is 0.472. The van der Waals surface area contributed by atoms with Crippen molar-refractivity contribution in [2.24, 2.45) is 5.10 Å². The number of benzene rings is 3. The molecule has 0 N–H and O–H groups in total. The highest BCUT2D eigenvalue weighted by atomic mass is 79.9. The van der Waals surface area contributed by atoms with Gasteiger partial charge in [-0.15, -0.1) is 0 Å². The Bertz CT molecular complexity index is 1250. The van der Waals surface area contributed by atoms with E-state index in [0.29, 0.717) is 5.13 Å². The quantitative estimate of drug-likeness (QED) is 0.184. The van der Waals surface area contributed by atoms with Gasteiger partial charge in [-0.2, -0.15) is 10.1 Å². The van der Waals surface area contributed by atoms with Crippen molar-refractivity contribution in [1.29, 1.82) is 0 Å². The van der Waals surface area contributed by atoms with Crippen molar-refractivity contribution in [3.8, 4) is 5.75 Å². The molecular weight excluding hydrogens is 474 g/mol. The lowest BCUT2D eigenvalue weighted by atomic mass is 10.2. The van der Waals surface area contributed by atoms with Crippen molar-refractivity contribution in [2.45, 2.75) is 0 Å². The average Bonchev–Trinajstić information content (AvgIpc) is 3.21. The maximum atomic E-state index is 13.0. The number of rotatable bonds is 6. The first-order chi connectivity index (χ1) is 15.1. The molecule has 0 spiro atoms. The molecule has 0 aliphatic rings. The number of thiazole rings is 1. The Kier molecular flexibility index (Phi) is 6.54. The number of hydrogen-bond donors (Lipinski definition) is 0. The third kappa shape index (κ3) is 5.25. The largest absolute Gasteiger partial charge is 0.497 e. The lowest BCUT2D eigenvalue weighted by Crippen LogP contribution is -2.23. The maximum absolute atomic E-state index is 13.0. The second kappa shape index (κ2) is 9.68. The Morgan fingerprint density at radius 3 is 2.58 bits per heavy atom. The molecule has 0 aliphatic heterocycles. The first-order valence-corrected chi connectivity index (χ1v) is 11.0. The van der Waals surface area contributed by atoms with E-state index in [4.69, 9.17) is 4.74 Å². The van der Waals surface area contributed by atoms with E-state index in [1.54, 1.807) is 19.4 Å². The van der Waals surface area contributed by atoms with Crippen LogP contribution in [0.4, 0.5) is 5.13 Å². The molecule has 4 rings (SSSR count). The Balaban J connectivity index is 1.67. The standard InChI is InChI=1S/C24H18BrN3O2S/c1-30-20-11-7-18(8-12-20)16-26-28(23(29)14-9-17-5-3-2-4-6-17)24-27-21-13-10-19(25)15-22(21)31-24/h2-16H,1H3/b14-9+,26-16+. The second-order valence-corrected chi connectivity index (χ2v) is 8.45. The third-order valence-electron chi connectivity index (χ3n) is 4.39. The molecule has 154 valence electrons. The first-order valence-electron chi connectivity index (χ1n) is 9.44. The zero-order valence-corrected chi connectivity index (χ0v) is 19.0.